The summed E-state index contributed by atoms with van der Waals surface area (Å²) in [5.41, 5.74) is 3.35. The van der Waals surface area contributed by atoms with Crippen molar-refractivity contribution >= 4 is 23.0 Å². The number of hydrogen-bond donors (Lipinski definition) is 3. The molecule has 1 atom stereocenters. The number of rotatable bonds is 4. The lowest BCUT2D eigenvalue weighted by Gasteiger charge is -2.18. The second kappa shape index (κ2) is 6.57. The topological polar surface area (TPSA) is 44.3 Å². The first-order valence-electron chi connectivity index (χ1n) is 5.82. The lowest BCUT2D eigenvalue weighted by Crippen LogP contribution is -2.39. The minimum atomic E-state index is 0.0140. The third kappa shape index (κ3) is 4.32. The summed E-state index contributed by atoms with van der Waals surface area (Å²) in [7, 11) is 0. The smallest absolute Gasteiger partial charge is 0.171 e. The number of aryl methyl sites for hydroxylation is 2. The van der Waals surface area contributed by atoms with E-state index >= 15 is 0 Å². The van der Waals surface area contributed by atoms with E-state index in [0.717, 1.165) is 17.7 Å². The molecule has 17 heavy (non-hydrogen) atoms. The van der Waals surface area contributed by atoms with E-state index in [1.165, 1.54) is 5.56 Å². The second-order valence-electron chi connectivity index (χ2n) is 4.20. The SMILES string of the molecule is CCC(CO)NC(=S)Nc1cc(C)ccc1C. The van der Waals surface area contributed by atoms with Crippen molar-refractivity contribution in [3.63, 3.8) is 0 Å². The number of anilines is 1. The average molecular weight is 252 g/mol. The minimum Gasteiger partial charge on any atom is -0.394 e. The van der Waals surface area contributed by atoms with Crippen LogP contribution in [0.25, 0.3) is 0 Å². The van der Waals surface area contributed by atoms with Crippen LogP contribution in [0, 0.1) is 13.8 Å². The normalized spacial score (nSPS) is 12.0. The Bertz CT molecular complexity index is 389. The Morgan fingerprint density at radius 2 is 2.12 bits per heavy atom. The monoisotopic (exact) mass is 252 g/mol. The molecule has 0 aliphatic heterocycles. The van der Waals surface area contributed by atoms with Gasteiger partial charge in [-0.1, -0.05) is 19.1 Å². The molecule has 0 aliphatic carbocycles. The Hall–Kier alpha value is -1.13. The van der Waals surface area contributed by atoms with Crippen LogP contribution in [0.3, 0.4) is 0 Å². The molecule has 0 amide bonds. The van der Waals surface area contributed by atoms with Crippen LogP contribution in [0.4, 0.5) is 5.69 Å². The molecular formula is C13H20N2OS. The van der Waals surface area contributed by atoms with Crippen LogP contribution in [-0.4, -0.2) is 22.9 Å². The molecule has 0 fully saturated rings. The van der Waals surface area contributed by atoms with Crippen LogP contribution in [-0.2, 0) is 0 Å². The van der Waals surface area contributed by atoms with Gasteiger partial charge in [0.05, 0.1) is 12.6 Å². The van der Waals surface area contributed by atoms with Gasteiger partial charge in [0.15, 0.2) is 5.11 Å². The molecule has 3 nitrogen and oxygen atoms in total. The maximum Gasteiger partial charge on any atom is 0.171 e. The van der Waals surface area contributed by atoms with E-state index in [1.807, 2.05) is 20.8 Å². The van der Waals surface area contributed by atoms with E-state index in [0.29, 0.717) is 5.11 Å². The number of aliphatic hydroxyl groups is 1. The van der Waals surface area contributed by atoms with Gasteiger partial charge >= 0.3 is 0 Å². The zero-order valence-corrected chi connectivity index (χ0v) is 11.4. The van der Waals surface area contributed by atoms with Crippen molar-refractivity contribution in [1.82, 2.24) is 5.32 Å². The van der Waals surface area contributed by atoms with Crippen molar-refractivity contribution in [3.05, 3.63) is 29.3 Å². The van der Waals surface area contributed by atoms with Crippen molar-refractivity contribution in [2.24, 2.45) is 0 Å². The molecule has 1 unspecified atom stereocenters. The predicted octanol–water partition coefficient (Wildman–Crippen LogP) is 2.36. The predicted molar refractivity (Wildman–Crippen MR) is 76.4 cm³/mol. The summed E-state index contributed by atoms with van der Waals surface area (Å²) >= 11 is 5.21. The van der Waals surface area contributed by atoms with Gasteiger partial charge in [0.25, 0.3) is 0 Å². The maximum absolute atomic E-state index is 9.09. The Kier molecular flexibility index (Phi) is 5.38. The first-order chi connectivity index (χ1) is 8.06. The van der Waals surface area contributed by atoms with Crippen LogP contribution in [0.15, 0.2) is 18.2 Å². The molecule has 0 saturated carbocycles. The molecule has 1 aromatic rings. The molecule has 94 valence electrons. The summed E-state index contributed by atoms with van der Waals surface area (Å²) in [6.45, 7) is 6.18. The van der Waals surface area contributed by atoms with E-state index in [4.69, 9.17) is 17.3 Å². The molecule has 0 spiro atoms. The van der Waals surface area contributed by atoms with E-state index in [-0.39, 0.29) is 12.6 Å². The van der Waals surface area contributed by atoms with Gasteiger partial charge in [-0.2, -0.15) is 0 Å². The highest BCUT2D eigenvalue weighted by Gasteiger charge is 2.07. The van der Waals surface area contributed by atoms with Crippen LogP contribution in [0.2, 0.25) is 0 Å². The minimum absolute atomic E-state index is 0.0140. The van der Waals surface area contributed by atoms with Crippen molar-refractivity contribution < 1.29 is 5.11 Å². The first-order valence-corrected chi connectivity index (χ1v) is 6.23. The third-order valence-electron chi connectivity index (χ3n) is 2.69. The lowest BCUT2D eigenvalue weighted by molar-refractivity contribution is 0.253. The lowest BCUT2D eigenvalue weighted by atomic mass is 10.1. The zero-order valence-electron chi connectivity index (χ0n) is 10.6. The molecular weight excluding hydrogens is 232 g/mol. The zero-order chi connectivity index (χ0) is 12.8. The van der Waals surface area contributed by atoms with Crippen LogP contribution < -0.4 is 10.6 Å². The molecule has 1 rings (SSSR count). The van der Waals surface area contributed by atoms with Crippen LogP contribution >= 0.6 is 12.2 Å². The van der Waals surface area contributed by atoms with E-state index in [2.05, 4.69) is 28.8 Å². The highest BCUT2D eigenvalue weighted by Crippen LogP contribution is 2.16. The number of aliphatic hydroxyl groups excluding tert-OH is 1. The Balaban J connectivity index is 2.64. The first kappa shape index (κ1) is 13.9. The largest absolute Gasteiger partial charge is 0.394 e. The Morgan fingerprint density at radius 3 is 2.71 bits per heavy atom. The van der Waals surface area contributed by atoms with Gasteiger partial charge in [-0.15, -0.1) is 0 Å². The van der Waals surface area contributed by atoms with E-state index in [1.54, 1.807) is 0 Å². The van der Waals surface area contributed by atoms with Crippen LogP contribution in [0.1, 0.15) is 24.5 Å². The molecule has 0 aromatic heterocycles. The maximum atomic E-state index is 9.09. The second-order valence-corrected chi connectivity index (χ2v) is 4.61. The fourth-order valence-corrected chi connectivity index (χ4v) is 1.77. The molecule has 0 saturated heterocycles. The summed E-state index contributed by atoms with van der Waals surface area (Å²) in [5.74, 6) is 0. The molecule has 1 aromatic carbocycles. The number of thiocarbonyl (C=S) groups is 1. The summed E-state index contributed by atoms with van der Waals surface area (Å²) in [6.07, 6.45) is 0.838. The number of hydrogen-bond acceptors (Lipinski definition) is 2. The molecule has 0 aliphatic rings. The fourth-order valence-electron chi connectivity index (χ4n) is 1.49. The summed E-state index contributed by atoms with van der Waals surface area (Å²) in [4.78, 5) is 0. The number of nitrogens with one attached hydrogen (secondary N) is 2. The van der Waals surface area contributed by atoms with Gasteiger partial charge in [0.1, 0.15) is 0 Å². The fraction of sp³-hybridized carbons (Fsp3) is 0.462. The Morgan fingerprint density at radius 1 is 1.41 bits per heavy atom. The van der Waals surface area contributed by atoms with Crippen LogP contribution in [0.5, 0.6) is 0 Å². The molecule has 0 heterocycles. The van der Waals surface area contributed by atoms with Crippen molar-refractivity contribution in [2.75, 3.05) is 11.9 Å². The third-order valence-corrected chi connectivity index (χ3v) is 2.91. The van der Waals surface area contributed by atoms with Crippen molar-refractivity contribution in [3.8, 4) is 0 Å². The van der Waals surface area contributed by atoms with Gasteiger partial charge in [-0.25, -0.2) is 0 Å². The van der Waals surface area contributed by atoms with Gasteiger partial charge in [0.2, 0.25) is 0 Å². The summed E-state index contributed by atoms with van der Waals surface area (Å²) in [6, 6.07) is 6.20. The van der Waals surface area contributed by atoms with Crippen molar-refractivity contribution in [1.29, 1.82) is 0 Å². The standard InChI is InChI=1S/C13H20N2OS/c1-4-11(8-16)14-13(17)15-12-7-9(2)5-6-10(12)3/h5-7,11,16H,4,8H2,1-3H3,(H2,14,15,17). The Labute approximate surface area is 108 Å². The van der Waals surface area contributed by atoms with Gasteiger partial charge in [-0.3, -0.25) is 0 Å². The average Bonchev–Trinajstić information content (AvgIpc) is 2.31. The molecule has 3 N–H and O–H groups in total. The molecule has 4 heteroatoms. The summed E-state index contributed by atoms with van der Waals surface area (Å²) in [5, 5.41) is 15.9. The highest BCUT2D eigenvalue weighted by molar-refractivity contribution is 7.80. The van der Waals surface area contributed by atoms with E-state index in [9.17, 15) is 0 Å². The van der Waals surface area contributed by atoms with Crippen molar-refractivity contribution in [2.45, 2.75) is 33.2 Å². The highest BCUT2D eigenvalue weighted by atomic mass is 32.1. The van der Waals surface area contributed by atoms with E-state index < -0.39 is 0 Å². The molecule has 0 radical (unpaired) electrons. The van der Waals surface area contributed by atoms with Gasteiger partial charge < -0.3 is 15.7 Å². The quantitative estimate of drug-likeness (QED) is 0.720. The molecule has 0 bridgehead atoms. The van der Waals surface area contributed by atoms with Gasteiger partial charge in [0, 0.05) is 5.69 Å². The summed E-state index contributed by atoms with van der Waals surface area (Å²) < 4.78 is 0. The number of benzene rings is 1. The van der Waals surface area contributed by atoms with Gasteiger partial charge in [-0.05, 0) is 49.7 Å².